The molecule has 0 spiro atoms. The summed E-state index contributed by atoms with van der Waals surface area (Å²) in [4.78, 5) is 27.9. The Kier molecular flexibility index (Phi) is 7.75. The molecule has 5 nitrogen and oxygen atoms in total. The number of carbonyl (C=O) groups is 2. The van der Waals surface area contributed by atoms with Gasteiger partial charge in [-0.05, 0) is 61.6 Å². The Bertz CT molecular complexity index is 831. The summed E-state index contributed by atoms with van der Waals surface area (Å²) in [5.41, 5.74) is 1.72. The van der Waals surface area contributed by atoms with Gasteiger partial charge in [-0.25, -0.2) is 0 Å². The van der Waals surface area contributed by atoms with Gasteiger partial charge < -0.3 is 15.5 Å². The van der Waals surface area contributed by atoms with Crippen molar-refractivity contribution in [2.75, 3.05) is 18.0 Å². The van der Waals surface area contributed by atoms with Gasteiger partial charge >= 0.3 is 0 Å². The molecule has 0 radical (unpaired) electrons. The van der Waals surface area contributed by atoms with E-state index in [2.05, 4.69) is 27.7 Å². The van der Waals surface area contributed by atoms with Crippen molar-refractivity contribution in [1.82, 2.24) is 10.6 Å². The van der Waals surface area contributed by atoms with Gasteiger partial charge in [-0.15, -0.1) is 0 Å². The zero-order chi connectivity index (χ0) is 21.5. The van der Waals surface area contributed by atoms with E-state index < -0.39 is 6.04 Å². The lowest BCUT2D eigenvalue weighted by atomic mass is 10.00. The highest BCUT2D eigenvalue weighted by molar-refractivity contribution is 6.30. The number of piperidine rings is 1. The van der Waals surface area contributed by atoms with Crippen LogP contribution in [0.25, 0.3) is 0 Å². The number of benzene rings is 2. The smallest absolute Gasteiger partial charge is 0.251 e. The Hall–Kier alpha value is -2.53. The summed E-state index contributed by atoms with van der Waals surface area (Å²) in [6.07, 6.45) is 2.37. The second-order valence-electron chi connectivity index (χ2n) is 8.27. The second-order valence-corrected chi connectivity index (χ2v) is 8.70. The molecular formula is C24H30ClN3O2. The molecule has 30 heavy (non-hydrogen) atoms. The van der Waals surface area contributed by atoms with E-state index in [-0.39, 0.29) is 23.8 Å². The third-order valence-corrected chi connectivity index (χ3v) is 5.65. The quantitative estimate of drug-likeness (QED) is 0.693. The van der Waals surface area contributed by atoms with Crippen molar-refractivity contribution in [1.29, 1.82) is 0 Å². The molecule has 1 atom stereocenters. The molecule has 1 saturated heterocycles. The van der Waals surface area contributed by atoms with Crippen molar-refractivity contribution < 1.29 is 9.59 Å². The van der Waals surface area contributed by atoms with Gasteiger partial charge in [0.1, 0.15) is 6.04 Å². The monoisotopic (exact) mass is 427 g/mol. The number of para-hydroxylation sites is 1. The summed E-state index contributed by atoms with van der Waals surface area (Å²) in [6, 6.07) is 16.6. The first kappa shape index (κ1) is 22.2. The Balaban J connectivity index is 1.56. The first-order valence-electron chi connectivity index (χ1n) is 10.6. The minimum atomic E-state index is -0.555. The van der Waals surface area contributed by atoms with Crippen LogP contribution in [0.2, 0.25) is 5.02 Å². The number of hydrogen-bond donors (Lipinski definition) is 2. The van der Waals surface area contributed by atoms with Crippen molar-refractivity contribution in [3.63, 3.8) is 0 Å². The molecule has 1 aliphatic heterocycles. The van der Waals surface area contributed by atoms with Crippen LogP contribution < -0.4 is 15.5 Å². The highest BCUT2D eigenvalue weighted by Gasteiger charge is 2.27. The molecule has 0 aromatic heterocycles. The fraction of sp³-hybridized carbons (Fsp3) is 0.417. The third-order valence-electron chi connectivity index (χ3n) is 5.40. The van der Waals surface area contributed by atoms with Crippen molar-refractivity contribution >= 4 is 29.1 Å². The first-order valence-corrected chi connectivity index (χ1v) is 11.0. The number of rotatable bonds is 7. The van der Waals surface area contributed by atoms with Crippen LogP contribution in [0.3, 0.4) is 0 Å². The summed E-state index contributed by atoms with van der Waals surface area (Å²) in [6.45, 7) is 5.90. The van der Waals surface area contributed by atoms with Gasteiger partial charge in [-0.3, -0.25) is 9.59 Å². The average molecular weight is 428 g/mol. The molecule has 6 heteroatoms. The maximum absolute atomic E-state index is 13.0. The number of anilines is 1. The van der Waals surface area contributed by atoms with Gasteiger partial charge in [0.2, 0.25) is 5.91 Å². The van der Waals surface area contributed by atoms with E-state index in [9.17, 15) is 9.59 Å². The summed E-state index contributed by atoms with van der Waals surface area (Å²) in [5, 5.41) is 6.64. The Morgan fingerprint density at radius 2 is 1.67 bits per heavy atom. The SMILES string of the molecule is CC(C)CC(NC(=O)c1ccc(Cl)cc1)C(=O)NC1CCN(c2ccccc2)CC1. The minimum Gasteiger partial charge on any atom is -0.371 e. The first-order chi connectivity index (χ1) is 14.4. The lowest BCUT2D eigenvalue weighted by molar-refractivity contribution is -0.124. The summed E-state index contributed by atoms with van der Waals surface area (Å²) >= 11 is 5.90. The molecule has 2 N–H and O–H groups in total. The van der Waals surface area contributed by atoms with Gasteiger partial charge in [0.15, 0.2) is 0 Å². The Morgan fingerprint density at radius 3 is 2.27 bits per heavy atom. The van der Waals surface area contributed by atoms with Gasteiger partial charge in [0.05, 0.1) is 0 Å². The van der Waals surface area contributed by atoms with Crippen LogP contribution in [-0.4, -0.2) is 37.0 Å². The molecule has 2 aromatic rings. The highest BCUT2D eigenvalue weighted by atomic mass is 35.5. The number of hydrogen-bond acceptors (Lipinski definition) is 3. The lowest BCUT2D eigenvalue weighted by Gasteiger charge is -2.34. The largest absolute Gasteiger partial charge is 0.371 e. The van der Waals surface area contributed by atoms with Crippen molar-refractivity contribution in [3.8, 4) is 0 Å². The molecule has 2 aromatic carbocycles. The summed E-state index contributed by atoms with van der Waals surface area (Å²) < 4.78 is 0. The van der Waals surface area contributed by atoms with Crippen molar-refractivity contribution in [2.24, 2.45) is 5.92 Å². The van der Waals surface area contributed by atoms with E-state index in [1.807, 2.05) is 32.0 Å². The maximum atomic E-state index is 13.0. The van der Waals surface area contributed by atoms with Crippen LogP contribution in [0, 0.1) is 5.92 Å². The van der Waals surface area contributed by atoms with Crippen LogP contribution in [-0.2, 0) is 4.79 Å². The van der Waals surface area contributed by atoms with Crippen LogP contribution in [0.4, 0.5) is 5.69 Å². The van der Waals surface area contributed by atoms with E-state index in [4.69, 9.17) is 11.6 Å². The fourth-order valence-corrected chi connectivity index (χ4v) is 3.89. The predicted molar refractivity (Wildman–Crippen MR) is 122 cm³/mol. The van der Waals surface area contributed by atoms with E-state index >= 15 is 0 Å². The van der Waals surface area contributed by atoms with E-state index in [0.29, 0.717) is 17.0 Å². The molecule has 2 amide bonds. The molecule has 0 aliphatic carbocycles. The fourth-order valence-electron chi connectivity index (χ4n) is 3.77. The molecule has 1 fully saturated rings. The zero-order valence-electron chi connectivity index (χ0n) is 17.6. The summed E-state index contributed by atoms with van der Waals surface area (Å²) in [5.74, 6) is -0.0817. The molecule has 3 rings (SSSR count). The van der Waals surface area contributed by atoms with E-state index in [1.165, 1.54) is 5.69 Å². The average Bonchev–Trinajstić information content (AvgIpc) is 2.74. The van der Waals surface area contributed by atoms with Crippen LogP contribution in [0.1, 0.15) is 43.5 Å². The highest BCUT2D eigenvalue weighted by Crippen LogP contribution is 2.20. The predicted octanol–water partition coefficient (Wildman–Crippen LogP) is 4.27. The molecule has 160 valence electrons. The van der Waals surface area contributed by atoms with Crippen molar-refractivity contribution in [3.05, 3.63) is 65.2 Å². The van der Waals surface area contributed by atoms with Gasteiger partial charge in [0, 0.05) is 35.4 Å². The van der Waals surface area contributed by atoms with Crippen LogP contribution >= 0.6 is 11.6 Å². The number of carbonyl (C=O) groups excluding carboxylic acids is 2. The number of nitrogens with one attached hydrogen (secondary N) is 2. The number of amides is 2. The van der Waals surface area contributed by atoms with Gasteiger partial charge in [0.25, 0.3) is 5.91 Å². The molecule has 0 bridgehead atoms. The topological polar surface area (TPSA) is 61.4 Å². The molecule has 0 saturated carbocycles. The normalized spacial score (nSPS) is 15.7. The van der Waals surface area contributed by atoms with Crippen molar-refractivity contribution in [2.45, 2.75) is 45.2 Å². The lowest BCUT2D eigenvalue weighted by Crippen LogP contribution is -2.52. The van der Waals surface area contributed by atoms with E-state index in [0.717, 1.165) is 25.9 Å². The second kappa shape index (κ2) is 10.5. The van der Waals surface area contributed by atoms with Gasteiger partial charge in [-0.2, -0.15) is 0 Å². The zero-order valence-corrected chi connectivity index (χ0v) is 18.4. The molecular weight excluding hydrogens is 398 g/mol. The van der Waals surface area contributed by atoms with Crippen LogP contribution in [0.15, 0.2) is 54.6 Å². The van der Waals surface area contributed by atoms with Crippen LogP contribution in [0.5, 0.6) is 0 Å². The number of nitrogens with zero attached hydrogens (tertiary/aromatic N) is 1. The third kappa shape index (κ3) is 6.23. The Labute approximate surface area is 183 Å². The Morgan fingerprint density at radius 1 is 1.03 bits per heavy atom. The molecule has 1 heterocycles. The molecule has 1 aliphatic rings. The maximum Gasteiger partial charge on any atom is 0.251 e. The number of halogens is 1. The molecule has 1 unspecified atom stereocenters. The standard InChI is InChI=1S/C24H30ClN3O2/c1-17(2)16-22(27-23(29)18-8-10-19(25)11-9-18)24(30)26-20-12-14-28(15-13-20)21-6-4-3-5-7-21/h3-11,17,20,22H,12-16H2,1-2H3,(H,26,30)(H,27,29). The summed E-state index contributed by atoms with van der Waals surface area (Å²) in [7, 11) is 0. The van der Waals surface area contributed by atoms with E-state index in [1.54, 1.807) is 24.3 Å². The van der Waals surface area contributed by atoms with Gasteiger partial charge in [-0.1, -0.05) is 43.6 Å². The minimum absolute atomic E-state index is 0.107.